The van der Waals surface area contributed by atoms with Crippen molar-refractivity contribution in [2.45, 2.75) is 37.7 Å². The highest BCUT2D eigenvalue weighted by Crippen LogP contribution is 2.48. The minimum Gasteiger partial charge on any atom is -0.450 e. The van der Waals surface area contributed by atoms with E-state index in [2.05, 4.69) is 20.2 Å². The van der Waals surface area contributed by atoms with Crippen LogP contribution in [0.5, 0.6) is 0 Å². The Hall–Kier alpha value is -3.55. The van der Waals surface area contributed by atoms with Crippen molar-refractivity contribution in [1.29, 1.82) is 0 Å². The Morgan fingerprint density at radius 1 is 1.07 bits per heavy atom. The lowest BCUT2D eigenvalue weighted by molar-refractivity contribution is -0.0281. The van der Waals surface area contributed by atoms with Crippen LogP contribution in [0.4, 0.5) is 4.39 Å². The quantitative estimate of drug-likeness (QED) is 0.506. The molecule has 0 atom stereocenters. The average Bonchev–Trinajstić information content (AvgIpc) is 3.40. The molecule has 1 saturated carbocycles. The summed E-state index contributed by atoms with van der Waals surface area (Å²) in [4.78, 5) is 20.4. The van der Waals surface area contributed by atoms with Gasteiger partial charge >= 0.3 is 5.97 Å². The molecule has 1 fully saturated rings. The van der Waals surface area contributed by atoms with Crippen molar-refractivity contribution in [2.24, 2.45) is 0 Å². The van der Waals surface area contributed by atoms with Crippen LogP contribution in [0, 0.1) is 5.82 Å². The average molecular weight is 403 g/mol. The number of halogens is 1. The summed E-state index contributed by atoms with van der Waals surface area (Å²) in [5, 5.41) is 8.99. The highest BCUT2D eigenvalue weighted by molar-refractivity contribution is 6.00. The van der Waals surface area contributed by atoms with Crippen molar-refractivity contribution in [3.05, 3.63) is 59.7 Å². The minimum absolute atomic E-state index is 0.294. The maximum Gasteiger partial charge on any atom is 0.340 e. The number of H-pyrrole nitrogens is 1. The second-order valence-electron chi connectivity index (χ2n) is 7.94. The minimum atomic E-state index is -0.545. The van der Waals surface area contributed by atoms with Crippen LogP contribution in [0.1, 0.15) is 48.0 Å². The number of ether oxygens (including phenoxy) is 1. The standard InChI is InChI=1S/C22H18FN5O2/c23-14-6-4-13(5-7-14)17-10-18-25-20(27-28(18)26-17)15-11-24-12-16-19(15)21(29)30-22(16)8-2-1-3-9-22/h4-7,10-12H,1-3,8-9H2,(H,25,27). The Morgan fingerprint density at radius 2 is 1.87 bits per heavy atom. The highest BCUT2D eigenvalue weighted by atomic mass is 19.1. The molecule has 1 aliphatic heterocycles. The molecule has 1 spiro atoms. The zero-order valence-electron chi connectivity index (χ0n) is 16.1. The Morgan fingerprint density at radius 3 is 2.63 bits per heavy atom. The molecule has 0 saturated heterocycles. The highest BCUT2D eigenvalue weighted by Gasteiger charge is 2.47. The summed E-state index contributed by atoms with van der Waals surface area (Å²) < 4.78 is 20.5. The van der Waals surface area contributed by atoms with Crippen LogP contribution in [-0.4, -0.2) is 30.8 Å². The molecule has 3 aromatic heterocycles. The third-order valence-electron chi connectivity index (χ3n) is 6.12. The number of esters is 1. The molecule has 1 aromatic carbocycles. The number of pyridine rings is 1. The van der Waals surface area contributed by atoms with Gasteiger partial charge in [0.2, 0.25) is 0 Å². The summed E-state index contributed by atoms with van der Waals surface area (Å²) in [7, 11) is 0. The number of hydrogen-bond donors (Lipinski definition) is 1. The molecule has 0 amide bonds. The number of carbonyl (C=O) groups is 1. The first kappa shape index (κ1) is 17.3. The lowest BCUT2D eigenvalue weighted by Gasteiger charge is -2.32. The van der Waals surface area contributed by atoms with Gasteiger partial charge in [-0.15, -0.1) is 14.8 Å². The second kappa shape index (κ2) is 6.22. The first-order valence-electron chi connectivity index (χ1n) is 10.1. The van der Waals surface area contributed by atoms with E-state index in [1.807, 2.05) is 6.07 Å². The second-order valence-corrected chi connectivity index (χ2v) is 7.94. The molecule has 0 unspecified atom stereocenters. The first-order valence-corrected chi connectivity index (χ1v) is 10.1. The number of hydrogen-bond acceptors (Lipinski definition) is 5. The van der Waals surface area contributed by atoms with Crippen LogP contribution in [0.3, 0.4) is 0 Å². The van der Waals surface area contributed by atoms with Gasteiger partial charge < -0.3 is 9.72 Å². The fourth-order valence-electron chi connectivity index (χ4n) is 4.64. The number of nitrogens with one attached hydrogen (secondary N) is 1. The molecular formula is C22H18FN5O2. The third-order valence-corrected chi connectivity index (χ3v) is 6.12. The van der Waals surface area contributed by atoms with Crippen molar-refractivity contribution >= 4 is 11.6 Å². The van der Waals surface area contributed by atoms with Crippen LogP contribution in [0.2, 0.25) is 0 Å². The van der Waals surface area contributed by atoms with E-state index >= 15 is 0 Å². The lowest BCUT2D eigenvalue weighted by atomic mass is 9.79. The summed E-state index contributed by atoms with van der Waals surface area (Å²) >= 11 is 0. The maximum absolute atomic E-state index is 13.2. The number of benzene rings is 1. The van der Waals surface area contributed by atoms with E-state index in [1.54, 1.807) is 24.5 Å². The SMILES string of the molecule is O=C1OC2(CCCCC2)c2cncc(-c3nn4nc(-c5ccc(F)cc5)cc4[nH]3)c21. The summed E-state index contributed by atoms with van der Waals surface area (Å²) in [6, 6.07) is 7.97. The largest absolute Gasteiger partial charge is 0.450 e. The molecular weight excluding hydrogens is 385 g/mol. The Kier molecular flexibility index (Phi) is 3.59. The number of nitrogens with zero attached hydrogens (tertiary/aromatic N) is 4. The van der Waals surface area contributed by atoms with Crippen LogP contribution < -0.4 is 0 Å². The van der Waals surface area contributed by atoms with Crippen molar-refractivity contribution in [3.63, 3.8) is 0 Å². The molecule has 30 heavy (non-hydrogen) atoms. The van der Waals surface area contributed by atoms with Crippen molar-refractivity contribution in [3.8, 4) is 22.6 Å². The van der Waals surface area contributed by atoms with Gasteiger partial charge in [-0.3, -0.25) is 4.98 Å². The van der Waals surface area contributed by atoms with Gasteiger partial charge in [0.15, 0.2) is 11.5 Å². The van der Waals surface area contributed by atoms with E-state index in [0.717, 1.165) is 43.2 Å². The molecule has 4 aromatic rings. The fourth-order valence-corrected chi connectivity index (χ4v) is 4.64. The van der Waals surface area contributed by atoms with Gasteiger partial charge in [-0.25, -0.2) is 9.18 Å². The molecule has 0 radical (unpaired) electrons. The van der Waals surface area contributed by atoms with Gasteiger partial charge in [0.25, 0.3) is 0 Å². The van der Waals surface area contributed by atoms with E-state index in [-0.39, 0.29) is 11.8 Å². The Balaban J connectivity index is 1.42. The zero-order chi connectivity index (χ0) is 20.3. The Bertz CT molecular complexity index is 1250. The molecule has 1 N–H and O–H groups in total. The van der Waals surface area contributed by atoms with E-state index in [1.165, 1.54) is 16.8 Å². The van der Waals surface area contributed by atoms with E-state index in [0.29, 0.717) is 28.3 Å². The van der Waals surface area contributed by atoms with Gasteiger partial charge in [-0.1, -0.05) is 6.42 Å². The van der Waals surface area contributed by atoms with Crippen LogP contribution in [0.15, 0.2) is 42.7 Å². The fraction of sp³-hybridized carbons (Fsp3) is 0.273. The summed E-state index contributed by atoms with van der Waals surface area (Å²) in [6.07, 6.45) is 8.30. The molecule has 6 rings (SSSR count). The monoisotopic (exact) mass is 403 g/mol. The van der Waals surface area contributed by atoms with E-state index in [4.69, 9.17) is 4.74 Å². The topological polar surface area (TPSA) is 85.2 Å². The number of carbonyl (C=O) groups excluding carboxylic acids is 1. The van der Waals surface area contributed by atoms with Gasteiger partial charge in [-0.2, -0.15) is 0 Å². The number of aromatic amines is 1. The number of fused-ring (bicyclic) bond motifs is 3. The first-order chi connectivity index (χ1) is 14.6. The van der Waals surface area contributed by atoms with Crippen molar-refractivity contribution in [2.75, 3.05) is 0 Å². The van der Waals surface area contributed by atoms with E-state index < -0.39 is 5.60 Å². The predicted octanol–water partition coefficient (Wildman–Crippen LogP) is 4.26. The lowest BCUT2D eigenvalue weighted by Crippen LogP contribution is -2.28. The molecule has 150 valence electrons. The maximum atomic E-state index is 13.2. The molecule has 1 aliphatic carbocycles. The van der Waals surface area contributed by atoms with Crippen molar-refractivity contribution in [1.82, 2.24) is 24.8 Å². The molecule has 7 nitrogen and oxygen atoms in total. The van der Waals surface area contributed by atoms with Crippen molar-refractivity contribution < 1.29 is 13.9 Å². The van der Waals surface area contributed by atoms with Crippen LogP contribution >= 0.6 is 0 Å². The van der Waals surface area contributed by atoms with Gasteiger partial charge in [0.1, 0.15) is 11.4 Å². The van der Waals surface area contributed by atoms with Gasteiger partial charge in [-0.05, 0) is 49.9 Å². The molecule has 4 heterocycles. The summed E-state index contributed by atoms with van der Waals surface area (Å²) in [5.41, 5.74) is 3.62. The smallest absolute Gasteiger partial charge is 0.340 e. The molecule has 8 heteroatoms. The Labute approximate surface area is 170 Å². The molecule has 0 bridgehead atoms. The van der Waals surface area contributed by atoms with Crippen LogP contribution in [0.25, 0.3) is 28.3 Å². The normalized spacial score (nSPS) is 17.4. The number of aromatic nitrogens is 5. The van der Waals surface area contributed by atoms with Gasteiger partial charge in [0, 0.05) is 29.6 Å². The number of rotatable bonds is 2. The summed E-state index contributed by atoms with van der Waals surface area (Å²) in [5.74, 6) is -0.0975. The van der Waals surface area contributed by atoms with Gasteiger partial charge in [0.05, 0.1) is 16.8 Å². The zero-order valence-corrected chi connectivity index (χ0v) is 16.1. The predicted molar refractivity (Wildman–Crippen MR) is 106 cm³/mol. The molecule has 2 aliphatic rings. The summed E-state index contributed by atoms with van der Waals surface area (Å²) in [6.45, 7) is 0. The third kappa shape index (κ3) is 2.49. The van der Waals surface area contributed by atoms with E-state index in [9.17, 15) is 9.18 Å². The van der Waals surface area contributed by atoms with Crippen LogP contribution in [-0.2, 0) is 10.3 Å².